The molecule has 1 atom stereocenters. The number of hydrogen-bond donors (Lipinski definition) is 0. The van der Waals surface area contributed by atoms with Gasteiger partial charge in [-0.1, -0.05) is 46.6 Å². The molecule has 2 aliphatic heterocycles. The van der Waals surface area contributed by atoms with Crippen molar-refractivity contribution < 1.29 is 9.32 Å². The third-order valence-corrected chi connectivity index (χ3v) is 6.96. The van der Waals surface area contributed by atoms with Crippen molar-refractivity contribution in [2.24, 2.45) is 5.92 Å². The van der Waals surface area contributed by atoms with Gasteiger partial charge in [0.25, 0.3) is 0 Å². The van der Waals surface area contributed by atoms with Crippen LogP contribution in [0.15, 0.2) is 53.1 Å². The lowest BCUT2D eigenvalue weighted by Crippen LogP contribution is -2.52. The summed E-state index contributed by atoms with van der Waals surface area (Å²) in [5.41, 5.74) is 3.24. The van der Waals surface area contributed by atoms with Gasteiger partial charge in [-0.2, -0.15) is 4.98 Å². The summed E-state index contributed by atoms with van der Waals surface area (Å²) < 4.78 is 5.52. The highest BCUT2D eigenvalue weighted by molar-refractivity contribution is 6.30. The first-order valence-corrected chi connectivity index (χ1v) is 12.3. The third-order valence-electron chi connectivity index (χ3n) is 6.72. The predicted molar refractivity (Wildman–Crippen MR) is 133 cm³/mol. The largest absolute Gasteiger partial charge is 0.368 e. The zero-order valence-corrected chi connectivity index (χ0v) is 20.2. The Bertz CT molecular complexity index is 1140. The average molecular weight is 480 g/mol. The maximum atomic E-state index is 13.3. The molecule has 5 rings (SSSR count). The number of piperazine rings is 1. The van der Waals surface area contributed by atoms with E-state index in [1.807, 2.05) is 48.2 Å². The topological polar surface area (TPSA) is 65.7 Å². The minimum Gasteiger partial charge on any atom is -0.368 e. The molecule has 0 saturated carbocycles. The fourth-order valence-electron chi connectivity index (χ4n) is 4.93. The van der Waals surface area contributed by atoms with E-state index in [0.29, 0.717) is 18.3 Å². The number of aromatic nitrogens is 2. The second-order valence-electron chi connectivity index (χ2n) is 9.25. The Kier molecular flexibility index (Phi) is 6.83. The number of amides is 1. The molecule has 2 aromatic carbocycles. The second-order valence-corrected chi connectivity index (χ2v) is 9.68. The lowest BCUT2D eigenvalue weighted by molar-refractivity contribution is -0.137. The summed E-state index contributed by atoms with van der Waals surface area (Å²) in [6, 6.07) is 16.0. The van der Waals surface area contributed by atoms with Crippen LogP contribution in [-0.4, -0.2) is 65.1 Å². The molecule has 3 heterocycles. The number of aryl methyl sites for hydroxylation is 1. The molecule has 8 heteroatoms. The van der Waals surface area contributed by atoms with E-state index in [-0.39, 0.29) is 11.8 Å². The Labute approximate surface area is 205 Å². The Balaban J connectivity index is 1.15. The van der Waals surface area contributed by atoms with Crippen LogP contribution in [0, 0.1) is 12.8 Å². The van der Waals surface area contributed by atoms with E-state index in [2.05, 4.69) is 32.1 Å². The Hall–Kier alpha value is -2.90. The Morgan fingerprint density at radius 1 is 1.09 bits per heavy atom. The summed E-state index contributed by atoms with van der Waals surface area (Å²) in [4.78, 5) is 24.5. The number of piperidine rings is 1. The maximum absolute atomic E-state index is 13.3. The number of nitrogens with zero attached hydrogens (tertiary/aromatic N) is 5. The molecule has 0 spiro atoms. The fraction of sp³-hybridized carbons (Fsp3) is 0.423. The van der Waals surface area contributed by atoms with Crippen LogP contribution in [0.4, 0.5) is 5.69 Å². The van der Waals surface area contributed by atoms with Crippen LogP contribution >= 0.6 is 11.6 Å². The molecule has 2 saturated heterocycles. The number of rotatable bonds is 5. The van der Waals surface area contributed by atoms with Gasteiger partial charge in [-0.15, -0.1) is 0 Å². The number of likely N-dealkylation sites (tertiary alicyclic amines) is 1. The molecule has 0 aliphatic carbocycles. The van der Waals surface area contributed by atoms with Crippen molar-refractivity contribution >= 4 is 23.2 Å². The van der Waals surface area contributed by atoms with E-state index >= 15 is 0 Å². The summed E-state index contributed by atoms with van der Waals surface area (Å²) >= 11 is 6.14. The normalized spacial score (nSPS) is 19.4. The Morgan fingerprint density at radius 3 is 2.71 bits per heavy atom. The van der Waals surface area contributed by atoms with Crippen molar-refractivity contribution in [2.45, 2.75) is 26.3 Å². The molecule has 2 fully saturated rings. The van der Waals surface area contributed by atoms with Gasteiger partial charge in [0.05, 0.1) is 12.5 Å². The first-order valence-electron chi connectivity index (χ1n) is 12.0. The van der Waals surface area contributed by atoms with Crippen LogP contribution in [0.25, 0.3) is 11.4 Å². The van der Waals surface area contributed by atoms with Crippen LogP contribution in [-0.2, 0) is 11.3 Å². The molecule has 1 aromatic heterocycles. The molecule has 0 N–H and O–H groups in total. The first-order chi connectivity index (χ1) is 16.5. The van der Waals surface area contributed by atoms with Crippen LogP contribution in [0.2, 0.25) is 5.02 Å². The highest BCUT2D eigenvalue weighted by Gasteiger charge is 2.31. The molecule has 0 bridgehead atoms. The molecular formula is C26H30ClN5O2. The van der Waals surface area contributed by atoms with Crippen molar-refractivity contribution in [3.8, 4) is 11.4 Å². The minimum atomic E-state index is 0.0191. The molecular weight excluding hydrogens is 450 g/mol. The van der Waals surface area contributed by atoms with Crippen molar-refractivity contribution in [3.63, 3.8) is 0 Å². The van der Waals surface area contributed by atoms with E-state index in [9.17, 15) is 4.79 Å². The third kappa shape index (κ3) is 5.26. The highest BCUT2D eigenvalue weighted by Crippen LogP contribution is 2.24. The molecule has 1 unspecified atom stereocenters. The number of benzene rings is 2. The molecule has 178 valence electrons. The molecule has 0 radical (unpaired) electrons. The molecule has 2 aliphatic rings. The molecule has 3 aromatic rings. The smallest absolute Gasteiger partial charge is 0.241 e. The summed E-state index contributed by atoms with van der Waals surface area (Å²) in [6.07, 6.45) is 1.93. The van der Waals surface area contributed by atoms with Crippen molar-refractivity contribution in [1.82, 2.24) is 19.9 Å². The van der Waals surface area contributed by atoms with Crippen LogP contribution < -0.4 is 4.90 Å². The fourth-order valence-corrected chi connectivity index (χ4v) is 5.11. The SMILES string of the molecule is Cc1cccc(-c2noc(CN3CCCC(C(=O)N4CCN(c5cccc(Cl)c5)CC4)C3)n2)c1. The minimum absolute atomic E-state index is 0.0191. The van der Waals surface area contributed by atoms with E-state index < -0.39 is 0 Å². The van der Waals surface area contributed by atoms with Crippen LogP contribution in [0.5, 0.6) is 0 Å². The van der Waals surface area contributed by atoms with Gasteiger partial charge >= 0.3 is 0 Å². The van der Waals surface area contributed by atoms with Gasteiger partial charge in [0.15, 0.2) is 0 Å². The predicted octanol–water partition coefficient (Wildman–Crippen LogP) is 4.26. The number of hydrogen-bond acceptors (Lipinski definition) is 6. The quantitative estimate of drug-likeness (QED) is 0.544. The number of carbonyl (C=O) groups excluding carboxylic acids is 1. The van der Waals surface area contributed by atoms with Crippen molar-refractivity contribution in [2.75, 3.05) is 44.2 Å². The zero-order valence-electron chi connectivity index (χ0n) is 19.5. The van der Waals surface area contributed by atoms with E-state index in [0.717, 1.165) is 73.9 Å². The maximum Gasteiger partial charge on any atom is 0.241 e. The van der Waals surface area contributed by atoms with E-state index in [4.69, 9.17) is 16.1 Å². The first kappa shape index (κ1) is 22.9. The van der Waals surface area contributed by atoms with Gasteiger partial charge < -0.3 is 14.3 Å². The average Bonchev–Trinajstić information content (AvgIpc) is 3.32. The Morgan fingerprint density at radius 2 is 1.91 bits per heavy atom. The summed E-state index contributed by atoms with van der Waals surface area (Å²) in [7, 11) is 0. The van der Waals surface area contributed by atoms with Crippen LogP contribution in [0.3, 0.4) is 0 Å². The lowest BCUT2D eigenvalue weighted by Gasteiger charge is -2.39. The lowest BCUT2D eigenvalue weighted by atomic mass is 9.96. The molecule has 7 nitrogen and oxygen atoms in total. The summed E-state index contributed by atoms with van der Waals surface area (Å²) in [5.74, 6) is 1.49. The van der Waals surface area contributed by atoms with Gasteiger partial charge in [-0.25, -0.2) is 0 Å². The molecule has 1 amide bonds. The highest BCUT2D eigenvalue weighted by atomic mass is 35.5. The zero-order chi connectivity index (χ0) is 23.5. The van der Waals surface area contributed by atoms with Gasteiger partial charge in [-0.05, 0) is 50.6 Å². The van der Waals surface area contributed by atoms with Crippen LogP contribution in [0.1, 0.15) is 24.3 Å². The van der Waals surface area contributed by atoms with Gasteiger partial charge in [0.2, 0.25) is 17.6 Å². The summed E-state index contributed by atoms with van der Waals surface area (Å²) in [6.45, 7) is 7.43. The monoisotopic (exact) mass is 479 g/mol. The standard InChI is InChI=1S/C26H30ClN5O2/c1-19-5-2-6-20(15-19)25-28-24(34-29-25)18-30-10-4-7-21(17-30)26(33)32-13-11-31(12-14-32)23-9-3-8-22(27)16-23/h2-3,5-6,8-9,15-16,21H,4,7,10-14,17-18H2,1H3. The second kappa shape index (κ2) is 10.2. The number of halogens is 1. The number of carbonyl (C=O) groups is 1. The van der Waals surface area contributed by atoms with E-state index in [1.165, 1.54) is 0 Å². The molecule has 34 heavy (non-hydrogen) atoms. The van der Waals surface area contributed by atoms with Gasteiger partial charge in [-0.3, -0.25) is 9.69 Å². The van der Waals surface area contributed by atoms with Gasteiger partial charge in [0, 0.05) is 49.0 Å². The van der Waals surface area contributed by atoms with Gasteiger partial charge in [0.1, 0.15) is 0 Å². The number of anilines is 1. The van der Waals surface area contributed by atoms with Crippen molar-refractivity contribution in [1.29, 1.82) is 0 Å². The summed E-state index contributed by atoms with van der Waals surface area (Å²) in [5, 5.41) is 4.90. The van der Waals surface area contributed by atoms with E-state index in [1.54, 1.807) is 0 Å². The van der Waals surface area contributed by atoms with Crippen molar-refractivity contribution in [3.05, 3.63) is 65.0 Å².